The van der Waals surface area contributed by atoms with Crippen molar-refractivity contribution >= 4 is 0 Å². The highest BCUT2D eigenvalue weighted by Gasteiger charge is 2.23. The smallest absolute Gasteiger partial charge is 0.119 e. The molecule has 1 unspecified atom stereocenters. The zero-order valence-corrected chi connectivity index (χ0v) is 12.8. The SMILES string of the molecule is CCNC(CCCCOc1ccccc1)C1CCCC1. The molecule has 0 radical (unpaired) electrons. The zero-order valence-electron chi connectivity index (χ0n) is 12.8. The maximum Gasteiger partial charge on any atom is 0.119 e. The third kappa shape index (κ3) is 5.16. The zero-order chi connectivity index (χ0) is 14.0. The number of nitrogens with one attached hydrogen (secondary N) is 1. The highest BCUT2D eigenvalue weighted by atomic mass is 16.5. The number of hydrogen-bond donors (Lipinski definition) is 1. The van der Waals surface area contributed by atoms with Gasteiger partial charge in [0.05, 0.1) is 6.61 Å². The van der Waals surface area contributed by atoms with E-state index in [1.807, 2.05) is 30.3 Å². The van der Waals surface area contributed by atoms with E-state index in [9.17, 15) is 0 Å². The van der Waals surface area contributed by atoms with E-state index in [0.29, 0.717) is 0 Å². The normalized spacial score (nSPS) is 17.2. The van der Waals surface area contributed by atoms with E-state index in [4.69, 9.17) is 4.74 Å². The van der Waals surface area contributed by atoms with Gasteiger partial charge in [-0.25, -0.2) is 0 Å². The first-order chi connectivity index (χ1) is 9.90. The van der Waals surface area contributed by atoms with Crippen molar-refractivity contribution in [3.63, 3.8) is 0 Å². The second-order valence-corrected chi connectivity index (χ2v) is 5.87. The molecule has 1 aromatic carbocycles. The van der Waals surface area contributed by atoms with Crippen molar-refractivity contribution in [2.24, 2.45) is 5.92 Å². The van der Waals surface area contributed by atoms with Crippen LogP contribution in [0.25, 0.3) is 0 Å². The first-order valence-corrected chi connectivity index (χ1v) is 8.31. The van der Waals surface area contributed by atoms with E-state index >= 15 is 0 Å². The maximum absolute atomic E-state index is 5.75. The predicted molar refractivity (Wildman–Crippen MR) is 85.2 cm³/mol. The van der Waals surface area contributed by atoms with Gasteiger partial charge in [-0.2, -0.15) is 0 Å². The van der Waals surface area contributed by atoms with Gasteiger partial charge >= 0.3 is 0 Å². The second-order valence-electron chi connectivity index (χ2n) is 5.87. The van der Waals surface area contributed by atoms with E-state index in [1.165, 1.54) is 38.5 Å². The average Bonchev–Trinajstić information content (AvgIpc) is 3.01. The van der Waals surface area contributed by atoms with Gasteiger partial charge in [0, 0.05) is 6.04 Å². The molecule has 0 aliphatic heterocycles. The summed E-state index contributed by atoms with van der Waals surface area (Å²) in [5.74, 6) is 1.91. The molecule has 1 aliphatic rings. The maximum atomic E-state index is 5.75. The highest BCUT2D eigenvalue weighted by molar-refractivity contribution is 5.20. The summed E-state index contributed by atoms with van der Waals surface area (Å²) in [5.41, 5.74) is 0. The van der Waals surface area contributed by atoms with Gasteiger partial charge in [0.2, 0.25) is 0 Å². The van der Waals surface area contributed by atoms with Gasteiger partial charge < -0.3 is 10.1 Å². The van der Waals surface area contributed by atoms with Crippen LogP contribution in [0.15, 0.2) is 30.3 Å². The summed E-state index contributed by atoms with van der Waals surface area (Å²) in [6, 6.07) is 10.9. The molecule has 1 aliphatic carbocycles. The molecular formula is C18H29NO. The molecule has 0 bridgehead atoms. The quantitative estimate of drug-likeness (QED) is 0.674. The monoisotopic (exact) mass is 275 g/mol. The first kappa shape index (κ1) is 15.4. The molecule has 0 spiro atoms. The molecule has 2 nitrogen and oxygen atoms in total. The summed E-state index contributed by atoms with van der Waals surface area (Å²) >= 11 is 0. The molecule has 0 heterocycles. The molecule has 1 saturated carbocycles. The molecule has 0 saturated heterocycles. The Morgan fingerprint density at radius 2 is 1.90 bits per heavy atom. The minimum absolute atomic E-state index is 0.735. The molecule has 1 fully saturated rings. The van der Waals surface area contributed by atoms with E-state index in [1.54, 1.807) is 0 Å². The number of rotatable bonds is 9. The molecular weight excluding hydrogens is 246 g/mol. The Morgan fingerprint density at radius 3 is 2.60 bits per heavy atom. The summed E-state index contributed by atoms with van der Waals surface area (Å²) in [4.78, 5) is 0. The molecule has 1 atom stereocenters. The van der Waals surface area contributed by atoms with Gasteiger partial charge in [-0.1, -0.05) is 38.0 Å². The molecule has 2 heteroatoms. The lowest BCUT2D eigenvalue weighted by Gasteiger charge is -2.24. The first-order valence-electron chi connectivity index (χ1n) is 8.31. The number of hydrogen-bond acceptors (Lipinski definition) is 2. The van der Waals surface area contributed by atoms with Gasteiger partial charge in [-0.15, -0.1) is 0 Å². The fourth-order valence-corrected chi connectivity index (χ4v) is 3.30. The Bertz CT molecular complexity index is 346. The van der Waals surface area contributed by atoms with Crippen LogP contribution < -0.4 is 10.1 Å². The van der Waals surface area contributed by atoms with Crippen molar-refractivity contribution in [2.75, 3.05) is 13.2 Å². The van der Waals surface area contributed by atoms with E-state index < -0.39 is 0 Å². The third-order valence-electron chi connectivity index (χ3n) is 4.36. The molecule has 2 rings (SSSR count). The Hall–Kier alpha value is -1.02. The number of unbranched alkanes of at least 4 members (excludes halogenated alkanes) is 1. The minimum Gasteiger partial charge on any atom is -0.494 e. The molecule has 20 heavy (non-hydrogen) atoms. The van der Waals surface area contributed by atoms with Gasteiger partial charge in [0.15, 0.2) is 0 Å². The fraction of sp³-hybridized carbons (Fsp3) is 0.667. The van der Waals surface area contributed by atoms with Crippen LogP contribution in [0.2, 0.25) is 0 Å². The van der Waals surface area contributed by atoms with Crippen LogP contribution >= 0.6 is 0 Å². The van der Waals surface area contributed by atoms with Crippen molar-refractivity contribution < 1.29 is 4.74 Å². The largest absolute Gasteiger partial charge is 0.494 e. The lowest BCUT2D eigenvalue weighted by Crippen LogP contribution is -2.35. The summed E-state index contributed by atoms with van der Waals surface area (Å²) in [5, 5.41) is 3.69. The second kappa shape index (κ2) is 9.02. The Balaban J connectivity index is 1.60. The van der Waals surface area contributed by atoms with Crippen LogP contribution in [-0.4, -0.2) is 19.2 Å². The summed E-state index contributed by atoms with van der Waals surface area (Å²) in [7, 11) is 0. The van der Waals surface area contributed by atoms with Crippen LogP contribution in [0.3, 0.4) is 0 Å². The Morgan fingerprint density at radius 1 is 1.15 bits per heavy atom. The summed E-state index contributed by atoms with van der Waals surface area (Å²) < 4.78 is 5.75. The van der Waals surface area contributed by atoms with Crippen LogP contribution in [0.5, 0.6) is 5.75 Å². The van der Waals surface area contributed by atoms with Gasteiger partial charge in [-0.3, -0.25) is 0 Å². The molecule has 112 valence electrons. The Kier molecular flexibility index (Phi) is 6.93. The van der Waals surface area contributed by atoms with Gasteiger partial charge in [0.25, 0.3) is 0 Å². The van der Waals surface area contributed by atoms with Crippen molar-refractivity contribution in [3.05, 3.63) is 30.3 Å². The van der Waals surface area contributed by atoms with Crippen molar-refractivity contribution in [3.8, 4) is 5.75 Å². The topological polar surface area (TPSA) is 21.3 Å². The van der Waals surface area contributed by atoms with E-state index in [0.717, 1.165) is 37.3 Å². The summed E-state index contributed by atoms with van der Waals surface area (Å²) in [6.07, 6.45) is 9.45. The molecule has 1 N–H and O–H groups in total. The van der Waals surface area contributed by atoms with Crippen LogP contribution in [0.1, 0.15) is 51.9 Å². The predicted octanol–water partition coefficient (Wildman–Crippen LogP) is 4.40. The van der Waals surface area contributed by atoms with E-state index in [-0.39, 0.29) is 0 Å². The fourth-order valence-electron chi connectivity index (χ4n) is 3.30. The third-order valence-corrected chi connectivity index (χ3v) is 4.36. The van der Waals surface area contributed by atoms with Gasteiger partial charge in [-0.05, 0) is 56.7 Å². The number of ether oxygens (including phenoxy) is 1. The van der Waals surface area contributed by atoms with Crippen LogP contribution in [0, 0.1) is 5.92 Å². The van der Waals surface area contributed by atoms with E-state index in [2.05, 4.69) is 12.2 Å². The van der Waals surface area contributed by atoms with Crippen molar-refractivity contribution in [1.82, 2.24) is 5.32 Å². The van der Waals surface area contributed by atoms with Crippen LogP contribution in [0.4, 0.5) is 0 Å². The lowest BCUT2D eigenvalue weighted by molar-refractivity contribution is 0.287. The summed E-state index contributed by atoms with van der Waals surface area (Å²) in [6.45, 7) is 4.16. The molecule has 0 aromatic heterocycles. The molecule has 0 amide bonds. The Labute approximate surface area is 123 Å². The van der Waals surface area contributed by atoms with Crippen molar-refractivity contribution in [1.29, 1.82) is 0 Å². The standard InChI is InChI=1S/C18H29NO/c1-2-19-18(16-10-6-7-11-16)14-8-9-15-20-17-12-4-3-5-13-17/h3-5,12-13,16,18-19H,2,6-11,14-15H2,1H3. The van der Waals surface area contributed by atoms with Gasteiger partial charge in [0.1, 0.15) is 5.75 Å². The average molecular weight is 275 g/mol. The lowest BCUT2D eigenvalue weighted by atomic mass is 9.93. The van der Waals surface area contributed by atoms with Crippen LogP contribution in [-0.2, 0) is 0 Å². The van der Waals surface area contributed by atoms with Crippen molar-refractivity contribution in [2.45, 2.75) is 57.9 Å². The minimum atomic E-state index is 0.735. The number of para-hydroxylation sites is 1. The highest BCUT2D eigenvalue weighted by Crippen LogP contribution is 2.29. The number of benzene rings is 1. The molecule has 1 aromatic rings.